The maximum Gasteiger partial charge on any atom is 0.198 e. The molecule has 7 heteroatoms. The Morgan fingerprint density at radius 2 is 1.55 bits per heavy atom. The molecule has 0 unspecified atom stereocenters. The van der Waals surface area contributed by atoms with E-state index in [1.54, 1.807) is 0 Å². The number of ether oxygens (including phenoxy) is 1. The van der Waals surface area contributed by atoms with E-state index in [1.165, 1.54) is 0 Å². The zero-order valence-corrected chi connectivity index (χ0v) is 9.88. The van der Waals surface area contributed by atoms with Crippen molar-refractivity contribution in [2.24, 2.45) is 5.73 Å². The van der Waals surface area contributed by atoms with Gasteiger partial charge in [-0.15, -0.1) is 0 Å². The van der Waals surface area contributed by atoms with E-state index in [0.717, 1.165) is 24.3 Å². The molecule has 0 amide bonds. The molecule has 0 saturated carbocycles. The predicted molar refractivity (Wildman–Crippen MR) is 63.8 cm³/mol. The van der Waals surface area contributed by atoms with Gasteiger partial charge in [0, 0.05) is 11.6 Å². The molecular weight excluding hydrogens is 276 g/mol. The van der Waals surface area contributed by atoms with Crippen LogP contribution in [0.15, 0.2) is 30.3 Å². The van der Waals surface area contributed by atoms with Crippen molar-refractivity contribution in [3.63, 3.8) is 0 Å². The van der Waals surface area contributed by atoms with Gasteiger partial charge in [0.2, 0.25) is 0 Å². The van der Waals surface area contributed by atoms with Gasteiger partial charge in [-0.05, 0) is 24.3 Å². The first-order valence-corrected chi connectivity index (χ1v) is 5.35. The standard InChI is InChI=1S/C13H8F4N2O/c14-7-1-2-11(8(15)5-7)20-12-9(16)3-6(13(18)19)4-10(12)17/h1-5H,(H3,18,19). The largest absolute Gasteiger partial charge is 0.448 e. The zero-order chi connectivity index (χ0) is 14.9. The summed E-state index contributed by atoms with van der Waals surface area (Å²) in [7, 11) is 0. The van der Waals surface area contributed by atoms with Crippen LogP contribution in [0.3, 0.4) is 0 Å². The number of hydrogen-bond donors (Lipinski definition) is 2. The van der Waals surface area contributed by atoms with Crippen LogP contribution in [0, 0.1) is 28.7 Å². The van der Waals surface area contributed by atoms with Gasteiger partial charge < -0.3 is 10.5 Å². The molecule has 3 N–H and O–H groups in total. The van der Waals surface area contributed by atoms with E-state index in [0.29, 0.717) is 6.07 Å². The van der Waals surface area contributed by atoms with Gasteiger partial charge in [0.1, 0.15) is 11.7 Å². The lowest BCUT2D eigenvalue weighted by Gasteiger charge is -2.10. The minimum absolute atomic E-state index is 0.174. The topological polar surface area (TPSA) is 59.1 Å². The number of amidine groups is 1. The average Bonchev–Trinajstić information content (AvgIpc) is 2.35. The molecule has 0 atom stereocenters. The smallest absolute Gasteiger partial charge is 0.198 e. The van der Waals surface area contributed by atoms with Crippen molar-refractivity contribution in [1.82, 2.24) is 0 Å². The van der Waals surface area contributed by atoms with Crippen LogP contribution in [0.4, 0.5) is 17.6 Å². The van der Waals surface area contributed by atoms with Crippen LogP contribution in [0.25, 0.3) is 0 Å². The van der Waals surface area contributed by atoms with Crippen LogP contribution in [-0.4, -0.2) is 5.84 Å². The average molecular weight is 284 g/mol. The lowest BCUT2D eigenvalue weighted by Crippen LogP contribution is -2.12. The van der Waals surface area contributed by atoms with Gasteiger partial charge in [-0.25, -0.2) is 17.6 Å². The summed E-state index contributed by atoms with van der Waals surface area (Å²) in [5, 5.41) is 7.08. The number of nitrogens with two attached hydrogens (primary N) is 1. The van der Waals surface area contributed by atoms with Gasteiger partial charge in [-0.2, -0.15) is 0 Å². The molecule has 0 aliphatic heterocycles. The molecule has 0 aromatic heterocycles. The van der Waals surface area contributed by atoms with Crippen molar-refractivity contribution in [3.8, 4) is 11.5 Å². The molecule has 0 saturated heterocycles. The Morgan fingerprint density at radius 3 is 2.05 bits per heavy atom. The summed E-state index contributed by atoms with van der Waals surface area (Å²) in [6.07, 6.45) is 0. The molecule has 20 heavy (non-hydrogen) atoms. The van der Waals surface area contributed by atoms with Crippen LogP contribution < -0.4 is 10.5 Å². The van der Waals surface area contributed by atoms with E-state index >= 15 is 0 Å². The Hall–Kier alpha value is -2.57. The van der Waals surface area contributed by atoms with Crippen LogP contribution in [0.5, 0.6) is 11.5 Å². The molecule has 0 spiro atoms. The van der Waals surface area contributed by atoms with Crippen molar-refractivity contribution in [2.75, 3.05) is 0 Å². The third-order valence-electron chi connectivity index (χ3n) is 2.42. The maximum absolute atomic E-state index is 13.7. The molecule has 0 fully saturated rings. The Balaban J connectivity index is 2.41. The highest BCUT2D eigenvalue weighted by molar-refractivity contribution is 5.95. The molecule has 0 aliphatic rings. The lowest BCUT2D eigenvalue weighted by molar-refractivity contribution is 0.385. The van der Waals surface area contributed by atoms with Gasteiger partial charge in [-0.3, -0.25) is 5.41 Å². The summed E-state index contributed by atoms with van der Waals surface area (Å²) in [5.41, 5.74) is 4.93. The highest BCUT2D eigenvalue weighted by atomic mass is 19.1. The Bertz CT molecular complexity index is 665. The second kappa shape index (κ2) is 5.20. The molecule has 0 bridgehead atoms. The maximum atomic E-state index is 13.7. The quantitative estimate of drug-likeness (QED) is 0.516. The second-order valence-corrected chi connectivity index (χ2v) is 3.86. The summed E-state index contributed by atoms with van der Waals surface area (Å²) >= 11 is 0. The fourth-order valence-electron chi connectivity index (χ4n) is 1.48. The van der Waals surface area contributed by atoms with Crippen molar-refractivity contribution >= 4 is 5.84 Å². The number of hydrogen-bond acceptors (Lipinski definition) is 2. The normalized spacial score (nSPS) is 10.4. The summed E-state index contributed by atoms with van der Waals surface area (Å²) in [5.74, 6) is -6.16. The first-order chi connectivity index (χ1) is 9.38. The minimum atomic E-state index is -1.15. The highest BCUT2D eigenvalue weighted by Crippen LogP contribution is 2.30. The van der Waals surface area contributed by atoms with Crippen LogP contribution in [0.2, 0.25) is 0 Å². The van der Waals surface area contributed by atoms with E-state index in [9.17, 15) is 17.6 Å². The van der Waals surface area contributed by atoms with Gasteiger partial charge in [0.25, 0.3) is 0 Å². The van der Waals surface area contributed by atoms with E-state index in [4.69, 9.17) is 15.9 Å². The van der Waals surface area contributed by atoms with Gasteiger partial charge in [0.15, 0.2) is 29.0 Å². The molecule has 104 valence electrons. The first-order valence-electron chi connectivity index (χ1n) is 5.35. The summed E-state index contributed by atoms with van der Waals surface area (Å²) < 4.78 is 58.1. The van der Waals surface area contributed by atoms with Crippen LogP contribution in [0.1, 0.15) is 5.56 Å². The van der Waals surface area contributed by atoms with Crippen molar-refractivity contribution in [3.05, 3.63) is 59.2 Å². The first kappa shape index (κ1) is 13.9. The SMILES string of the molecule is N=C(N)c1cc(F)c(Oc2ccc(F)cc2F)c(F)c1. The molecular formula is C13H8F4N2O. The van der Waals surface area contributed by atoms with E-state index in [2.05, 4.69) is 0 Å². The van der Waals surface area contributed by atoms with Gasteiger partial charge >= 0.3 is 0 Å². The number of nitrogens with one attached hydrogen (secondary N) is 1. The second-order valence-electron chi connectivity index (χ2n) is 3.86. The Kier molecular flexibility index (Phi) is 3.60. The fourth-order valence-corrected chi connectivity index (χ4v) is 1.48. The molecule has 3 nitrogen and oxygen atoms in total. The predicted octanol–water partition coefficient (Wildman–Crippen LogP) is 3.32. The van der Waals surface area contributed by atoms with Gasteiger partial charge in [-0.1, -0.05) is 0 Å². The number of rotatable bonds is 3. The van der Waals surface area contributed by atoms with Crippen molar-refractivity contribution < 1.29 is 22.3 Å². The lowest BCUT2D eigenvalue weighted by atomic mass is 10.2. The number of nitrogen functional groups attached to an aromatic ring is 1. The van der Waals surface area contributed by atoms with Crippen LogP contribution >= 0.6 is 0 Å². The molecule has 0 aliphatic carbocycles. The molecule has 2 rings (SSSR count). The fraction of sp³-hybridized carbons (Fsp3) is 0. The molecule has 0 radical (unpaired) electrons. The third kappa shape index (κ3) is 2.71. The summed E-state index contributed by atoms with van der Waals surface area (Å²) in [6, 6.07) is 3.88. The number of benzene rings is 2. The van der Waals surface area contributed by atoms with Crippen LogP contribution in [-0.2, 0) is 0 Å². The monoisotopic (exact) mass is 284 g/mol. The minimum Gasteiger partial charge on any atom is -0.448 e. The summed E-state index contributed by atoms with van der Waals surface area (Å²) in [6.45, 7) is 0. The molecule has 2 aromatic rings. The molecule has 2 aromatic carbocycles. The number of halogens is 4. The Morgan fingerprint density at radius 1 is 0.950 bits per heavy atom. The third-order valence-corrected chi connectivity index (χ3v) is 2.42. The van der Waals surface area contributed by atoms with E-state index in [-0.39, 0.29) is 5.56 Å². The van der Waals surface area contributed by atoms with E-state index < -0.39 is 40.6 Å². The summed E-state index contributed by atoms with van der Waals surface area (Å²) in [4.78, 5) is 0. The van der Waals surface area contributed by atoms with E-state index in [1.807, 2.05) is 0 Å². The van der Waals surface area contributed by atoms with Crippen molar-refractivity contribution in [2.45, 2.75) is 0 Å². The highest BCUT2D eigenvalue weighted by Gasteiger charge is 2.16. The van der Waals surface area contributed by atoms with Crippen molar-refractivity contribution in [1.29, 1.82) is 5.41 Å². The zero-order valence-electron chi connectivity index (χ0n) is 9.88. The molecule has 0 heterocycles. The Labute approximate surface area is 111 Å². The van der Waals surface area contributed by atoms with Gasteiger partial charge in [0.05, 0.1) is 0 Å².